The molecule has 1 fully saturated rings. The van der Waals surface area contributed by atoms with Gasteiger partial charge in [0.15, 0.2) is 0 Å². The predicted octanol–water partition coefficient (Wildman–Crippen LogP) is 2.42. The van der Waals surface area contributed by atoms with Crippen LogP contribution >= 0.6 is 0 Å². The molecule has 0 aliphatic heterocycles. The van der Waals surface area contributed by atoms with Gasteiger partial charge in [0.05, 0.1) is 12.6 Å². The zero-order valence-corrected chi connectivity index (χ0v) is 12.5. The third kappa shape index (κ3) is 5.24. The van der Waals surface area contributed by atoms with Crippen LogP contribution in [0.3, 0.4) is 0 Å². The van der Waals surface area contributed by atoms with Crippen molar-refractivity contribution in [2.24, 2.45) is 5.92 Å². The number of likely N-dealkylation sites (N-methyl/N-ethyl adjacent to an activating group) is 1. The third-order valence-corrected chi connectivity index (χ3v) is 4.01. The summed E-state index contributed by atoms with van der Waals surface area (Å²) in [6.07, 6.45) is 13.6. The Hall–Kier alpha value is -1.01. The van der Waals surface area contributed by atoms with E-state index >= 15 is 0 Å². The number of hydrogen-bond donors (Lipinski definition) is 1. The van der Waals surface area contributed by atoms with Crippen molar-refractivity contribution in [3.8, 4) is 12.3 Å². The zero-order valence-electron chi connectivity index (χ0n) is 12.5. The first-order valence-corrected chi connectivity index (χ1v) is 7.62. The average molecular weight is 264 g/mol. The second-order valence-electron chi connectivity index (χ2n) is 5.61. The Morgan fingerprint density at radius 2 is 2.11 bits per heavy atom. The molecule has 1 amide bonds. The van der Waals surface area contributed by atoms with Gasteiger partial charge in [0.2, 0.25) is 5.91 Å². The summed E-state index contributed by atoms with van der Waals surface area (Å²) in [6.45, 7) is 3.46. The molecule has 1 aliphatic rings. The lowest BCUT2D eigenvalue weighted by molar-refractivity contribution is -0.128. The Balaban J connectivity index is 2.62. The lowest BCUT2D eigenvalue weighted by atomic mass is 9.83. The fourth-order valence-electron chi connectivity index (χ4n) is 2.96. The van der Waals surface area contributed by atoms with Crippen molar-refractivity contribution in [2.45, 2.75) is 57.9 Å². The van der Waals surface area contributed by atoms with E-state index in [1.165, 1.54) is 19.3 Å². The number of unbranched alkanes of at least 4 members (excludes halogenated alkanes) is 1. The van der Waals surface area contributed by atoms with Gasteiger partial charge in [-0.1, -0.05) is 38.5 Å². The minimum atomic E-state index is -0.0480. The Bertz CT molecular complexity index is 302. The van der Waals surface area contributed by atoms with E-state index in [0.29, 0.717) is 12.5 Å². The summed E-state index contributed by atoms with van der Waals surface area (Å²) in [7, 11) is 1.97. The predicted molar refractivity (Wildman–Crippen MR) is 79.7 cm³/mol. The molecule has 1 saturated carbocycles. The van der Waals surface area contributed by atoms with Gasteiger partial charge in [0, 0.05) is 6.54 Å². The van der Waals surface area contributed by atoms with E-state index in [4.69, 9.17) is 6.42 Å². The molecule has 1 rings (SSSR count). The lowest BCUT2D eigenvalue weighted by Gasteiger charge is -2.34. The van der Waals surface area contributed by atoms with Gasteiger partial charge in [0.1, 0.15) is 0 Å². The minimum absolute atomic E-state index is 0.0480. The van der Waals surface area contributed by atoms with E-state index in [-0.39, 0.29) is 11.9 Å². The minimum Gasteiger partial charge on any atom is -0.355 e. The highest BCUT2D eigenvalue weighted by molar-refractivity contribution is 5.82. The molecule has 19 heavy (non-hydrogen) atoms. The smallest absolute Gasteiger partial charge is 0.237 e. The number of carbonyl (C=O) groups is 1. The van der Waals surface area contributed by atoms with E-state index in [1.54, 1.807) is 0 Å². The molecule has 1 atom stereocenters. The van der Waals surface area contributed by atoms with E-state index in [1.807, 2.05) is 11.9 Å². The number of amides is 1. The van der Waals surface area contributed by atoms with Gasteiger partial charge >= 0.3 is 0 Å². The van der Waals surface area contributed by atoms with Crippen LogP contribution in [0.2, 0.25) is 0 Å². The molecule has 0 bridgehead atoms. The Morgan fingerprint density at radius 1 is 1.42 bits per heavy atom. The molecule has 1 unspecified atom stereocenters. The Labute approximate surface area is 118 Å². The van der Waals surface area contributed by atoms with Crippen molar-refractivity contribution in [1.29, 1.82) is 0 Å². The maximum absolute atomic E-state index is 12.4. The molecular weight excluding hydrogens is 236 g/mol. The number of rotatable bonds is 7. The Kier molecular flexibility index (Phi) is 7.59. The van der Waals surface area contributed by atoms with E-state index < -0.39 is 0 Å². The number of terminal acetylenes is 1. The second-order valence-corrected chi connectivity index (χ2v) is 5.61. The lowest BCUT2D eigenvalue weighted by Crippen LogP contribution is -2.50. The molecule has 0 radical (unpaired) electrons. The largest absolute Gasteiger partial charge is 0.355 e. The molecule has 0 spiro atoms. The van der Waals surface area contributed by atoms with Crippen molar-refractivity contribution >= 4 is 5.91 Å². The van der Waals surface area contributed by atoms with Crippen molar-refractivity contribution < 1.29 is 4.79 Å². The quantitative estimate of drug-likeness (QED) is 0.566. The molecular formula is C16H28N2O. The molecule has 108 valence electrons. The first kappa shape index (κ1) is 16.0. The van der Waals surface area contributed by atoms with Crippen LogP contribution in [0.15, 0.2) is 0 Å². The SMILES string of the molecule is C#CCN(C)C(C(=O)NCCCC)C1CCCCC1. The third-order valence-electron chi connectivity index (χ3n) is 4.01. The monoisotopic (exact) mass is 264 g/mol. The first-order valence-electron chi connectivity index (χ1n) is 7.62. The number of nitrogens with zero attached hydrogens (tertiary/aromatic N) is 1. The maximum Gasteiger partial charge on any atom is 0.237 e. The summed E-state index contributed by atoms with van der Waals surface area (Å²) in [4.78, 5) is 14.5. The fourth-order valence-corrected chi connectivity index (χ4v) is 2.96. The summed E-state index contributed by atoms with van der Waals surface area (Å²) in [6, 6.07) is -0.0480. The van der Waals surface area contributed by atoms with Crippen molar-refractivity contribution in [1.82, 2.24) is 10.2 Å². The van der Waals surface area contributed by atoms with Crippen LogP contribution in [0.1, 0.15) is 51.9 Å². The molecule has 1 N–H and O–H groups in total. The standard InChI is InChI=1S/C16H28N2O/c1-4-6-12-17-16(19)15(18(3)13-5-2)14-10-8-7-9-11-14/h2,14-15H,4,6-13H2,1,3H3,(H,17,19). The van der Waals surface area contributed by atoms with Crippen LogP contribution in [-0.2, 0) is 4.79 Å². The van der Waals surface area contributed by atoms with Gasteiger partial charge < -0.3 is 5.32 Å². The van der Waals surface area contributed by atoms with Crippen LogP contribution < -0.4 is 5.32 Å². The molecule has 3 nitrogen and oxygen atoms in total. The van der Waals surface area contributed by atoms with Crippen LogP contribution in [0.4, 0.5) is 0 Å². The van der Waals surface area contributed by atoms with Gasteiger partial charge in [-0.2, -0.15) is 0 Å². The highest BCUT2D eigenvalue weighted by Crippen LogP contribution is 2.28. The summed E-state index contributed by atoms with van der Waals surface area (Å²) in [5.74, 6) is 3.29. The number of carbonyl (C=O) groups excluding carboxylic acids is 1. The van der Waals surface area contributed by atoms with Gasteiger partial charge in [-0.3, -0.25) is 9.69 Å². The molecule has 3 heteroatoms. The summed E-state index contributed by atoms with van der Waals surface area (Å²) < 4.78 is 0. The maximum atomic E-state index is 12.4. The van der Waals surface area contributed by atoms with Gasteiger partial charge in [0.25, 0.3) is 0 Å². The summed E-state index contributed by atoms with van der Waals surface area (Å²) in [5, 5.41) is 3.07. The molecule has 0 heterocycles. The fraction of sp³-hybridized carbons (Fsp3) is 0.812. The van der Waals surface area contributed by atoms with E-state index in [0.717, 1.165) is 32.2 Å². The Morgan fingerprint density at radius 3 is 2.68 bits per heavy atom. The van der Waals surface area contributed by atoms with Gasteiger partial charge in [-0.25, -0.2) is 0 Å². The highest BCUT2D eigenvalue weighted by atomic mass is 16.2. The number of nitrogens with one attached hydrogen (secondary N) is 1. The second kappa shape index (κ2) is 8.98. The van der Waals surface area contributed by atoms with E-state index in [2.05, 4.69) is 18.2 Å². The zero-order chi connectivity index (χ0) is 14.1. The molecule has 0 saturated heterocycles. The number of hydrogen-bond acceptors (Lipinski definition) is 2. The highest BCUT2D eigenvalue weighted by Gasteiger charge is 2.32. The van der Waals surface area contributed by atoms with Crippen LogP contribution in [0.5, 0.6) is 0 Å². The summed E-state index contributed by atoms with van der Waals surface area (Å²) in [5.41, 5.74) is 0. The molecule has 1 aliphatic carbocycles. The molecule has 0 aromatic rings. The topological polar surface area (TPSA) is 32.3 Å². The molecule has 0 aromatic carbocycles. The first-order chi connectivity index (χ1) is 9.20. The van der Waals surface area contributed by atoms with Gasteiger partial charge in [-0.05, 0) is 32.2 Å². The summed E-state index contributed by atoms with van der Waals surface area (Å²) >= 11 is 0. The normalized spacial score (nSPS) is 18.0. The van der Waals surface area contributed by atoms with Crippen LogP contribution in [0, 0.1) is 18.3 Å². The van der Waals surface area contributed by atoms with Crippen LogP contribution in [0.25, 0.3) is 0 Å². The van der Waals surface area contributed by atoms with Gasteiger partial charge in [-0.15, -0.1) is 6.42 Å². The van der Waals surface area contributed by atoms with Crippen molar-refractivity contribution in [3.05, 3.63) is 0 Å². The molecule has 0 aromatic heterocycles. The average Bonchev–Trinajstić information content (AvgIpc) is 2.41. The van der Waals surface area contributed by atoms with Crippen LogP contribution in [-0.4, -0.2) is 37.0 Å². The van der Waals surface area contributed by atoms with Crippen molar-refractivity contribution in [3.63, 3.8) is 0 Å². The van der Waals surface area contributed by atoms with E-state index in [9.17, 15) is 4.79 Å². The van der Waals surface area contributed by atoms with Crippen molar-refractivity contribution in [2.75, 3.05) is 20.1 Å².